The highest BCUT2D eigenvalue weighted by Crippen LogP contribution is 2.16. The predicted molar refractivity (Wildman–Crippen MR) is 114 cm³/mol. The summed E-state index contributed by atoms with van der Waals surface area (Å²) in [6, 6.07) is 14.9. The summed E-state index contributed by atoms with van der Waals surface area (Å²) < 4.78 is 8.35. The highest BCUT2D eigenvalue weighted by molar-refractivity contribution is 6.30. The van der Waals surface area contributed by atoms with Crippen molar-refractivity contribution in [2.75, 3.05) is 0 Å². The molecule has 6 nitrogen and oxygen atoms in total. The molecule has 0 atom stereocenters. The first kappa shape index (κ1) is 20.9. The molecular weight excluding hydrogens is 390 g/mol. The molecular formula is C22H24ClN3O3. The molecule has 7 heteroatoms. The molecule has 0 aliphatic carbocycles. The van der Waals surface area contributed by atoms with Gasteiger partial charge in [-0.3, -0.25) is 4.57 Å². The van der Waals surface area contributed by atoms with Gasteiger partial charge < -0.3 is 4.74 Å². The number of hydrogen-bond donors (Lipinski definition) is 0. The van der Waals surface area contributed by atoms with E-state index in [-0.39, 0.29) is 18.3 Å². The Kier molecular flexibility index (Phi) is 6.54. The SMILES string of the molecule is CCn1c(=O)nc(Cc2ccc(OC(C)C)cc2)n(Cc2ccc(Cl)cc2)c1=O. The lowest BCUT2D eigenvalue weighted by Gasteiger charge is -2.15. The van der Waals surface area contributed by atoms with Crippen LogP contribution in [0.5, 0.6) is 5.75 Å². The minimum Gasteiger partial charge on any atom is -0.491 e. The van der Waals surface area contributed by atoms with Gasteiger partial charge in [0.05, 0.1) is 12.6 Å². The van der Waals surface area contributed by atoms with Gasteiger partial charge in [0.15, 0.2) is 0 Å². The lowest BCUT2D eigenvalue weighted by Crippen LogP contribution is -2.43. The van der Waals surface area contributed by atoms with E-state index in [9.17, 15) is 9.59 Å². The summed E-state index contributed by atoms with van der Waals surface area (Å²) in [5, 5.41) is 0.627. The summed E-state index contributed by atoms with van der Waals surface area (Å²) in [5.41, 5.74) is 0.949. The molecule has 152 valence electrons. The second-order valence-corrected chi connectivity index (χ2v) is 7.47. The second kappa shape index (κ2) is 9.09. The smallest absolute Gasteiger partial charge is 0.353 e. The monoisotopic (exact) mass is 413 g/mol. The zero-order chi connectivity index (χ0) is 21.0. The van der Waals surface area contributed by atoms with E-state index in [0.29, 0.717) is 23.8 Å². The fourth-order valence-electron chi connectivity index (χ4n) is 3.05. The molecule has 3 aromatic rings. The Morgan fingerprint density at radius 1 is 0.966 bits per heavy atom. The third-order valence-corrected chi connectivity index (χ3v) is 4.71. The van der Waals surface area contributed by atoms with E-state index in [1.54, 1.807) is 23.6 Å². The van der Waals surface area contributed by atoms with Gasteiger partial charge in [0.25, 0.3) is 0 Å². The molecule has 0 saturated heterocycles. The Bertz CT molecular complexity index is 1080. The van der Waals surface area contributed by atoms with Crippen molar-refractivity contribution >= 4 is 11.6 Å². The molecule has 0 N–H and O–H groups in total. The van der Waals surface area contributed by atoms with E-state index in [1.807, 2.05) is 50.2 Å². The molecule has 1 aromatic heterocycles. The normalized spacial score (nSPS) is 11.1. The minimum absolute atomic E-state index is 0.0914. The minimum atomic E-state index is -0.528. The first-order valence-corrected chi connectivity index (χ1v) is 9.95. The van der Waals surface area contributed by atoms with Gasteiger partial charge in [-0.25, -0.2) is 14.2 Å². The van der Waals surface area contributed by atoms with Crippen LogP contribution in [0.3, 0.4) is 0 Å². The topological polar surface area (TPSA) is 66.1 Å². The zero-order valence-electron chi connectivity index (χ0n) is 16.8. The predicted octanol–water partition coefficient (Wildman–Crippen LogP) is 3.50. The van der Waals surface area contributed by atoms with Crippen molar-refractivity contribution in [1.82, 2.24) is 14.1 Å². The van der Waals surface area contributed by atoms with E-state index >= 15 is 0 Å². The van der Waals surface area contributed by atoms with Crippen LogP contribution < -0.4 is 16.1 Å². The van der Waals surface area contributed by atoms with Gasteiger partial charge >= 0.3 is 11.4 Å². The number of benzene rings is 2. The van der Waals surface area contributed by atoms with E-state index in [4.69, 9.17) is 16.3 Å². The maximum Gasteiger partial charge on any atom is 0.353 e. The molecule has 0 amide bonds. The molecule has 1 heterocycles. The Morgan fingerprint density at radius 2 is 1.59 bits per heavy atom. The van der Waals surface area contributed by atoms with E-state index in [1.165, 1.54) is 0 Å². The van der Waals surface area contributed by atoms with Crippen LogP contribution in [0.15, 0.2) is 58.1 Å². The van der Waals surface area contributed by atoms with Gasteiger partial charge in [-0.2, -0.15) is 4.98 Å². The third kappa shape index (κ3) is 5.15. The summed E-state index contributed by atoms with van der Waals surface area (Å²) in [6.07, 6.45) is 0.457. The molecule has 0 aliphatic rings. The van der Waals surface area contributed by atoms with Crippen LogP contribution in [0.1, 0.15) is 37.7 Å². The fourth-order valence-corrected chi connectivity index (χ4v) is 3.17. The molecule has 0 saturated carbocycles. The maximum atomic E-state index is 12.9. The van der Waals surface area contributed by atoms with Crippen LogP contribution in [-0.4, -0.2) is 20.2 Å². The first-order valence-electron chi connectivity index (χ1n) is 9.58. The van der Waals surface area contributed by atoms with Gasteiger partial charge in [-0.05, 0) is 56.2 Å². The summed E-state index contributed by atoms with van der Waals surface area (Å²) in [7, 11) is 0. The molecule has 0 bridgehead atoms. The molecule has 2 aromatic carbocycles. The van der Waals surface area contributed by atoms with Gasteiger partial charge in [0, 0.05) is 18.0 Å². The Balaban J connectivity index is 1.97. The lowest BCUT2D eigenvalue weighted by atomic mass is 10.1. The van der Waals surface area contributed by atoms with Crippen molar-refractivity contribution in [3.8, 4) is 5.75 Å². The number of rotatable bonds is 7. The summed E-state index contributed by atoms with van der Waals surface area (Å²) >= 11 is 5.96. The number of aromatic nitrogens is 3. The first-order chi connectivity index (χ1) is 13.9. The molecule has 0 radical (unpaired) electrons. The quantitative estimate of drug-likeness (QED) is 0.594. The summed E-state index contributed by atoms with van der Waals surface area (Å²) in [4.78, 5) is 29.4. The van der Waals surface area contributed by atoms with E-state index < -0.39 is 5.69 Å². The highest BCUT2D eigenvalue weighted by atomic mass is 35.5. The number of ether oxygens (including phenoxy) is 1. The number of halogens is 1. The molecule has 0 unspecified atom stereocenters. The van der Waals surface area contributed by atoms with E-state index in [0.717, 1.165) is 21.4 Å². The van der Waals surface area contributed by atoms with Gasteiger partial charge in [0.2, 0.25) is 0 Å². The van der Waals surface area contributed by atoms with E-state index in [2.05, 4.69) is 4.98 Å². The Hall–Kier alpha value is -2.86. The van der Waals surface area contributed by atoms with Crippen LogP contribution in [0.4, 0.5) is 0 Å². The fraction of sp³-hybridized carbons (Fsp3) is 0.318. The standard InChI is InChI=1S/C22H24ClN3O3/c1-4-25-21(27)24-20(13-16-7-11-19(12-8-16)29-15(2)3)26(22(25)28)14-17-5-9-18(23)10-6-17/h5-12,15H,4,13-14H2,1-3H3. The Morgan fingerprint density at radius 3 is 2.17 bits per heavy atom. The van der Waals surface area contributed by atoms with Crippen LogP contribution in [0, 0.1) is 0 Å². The van der Waals surface area contributed by atoms with Crippen molar-refractivity contribution in [3.05, 3.63) is 91.5 Å². The van der Waals surface area contributed by atoms with Gasteiger partial charge in [-0.15, -0.1) is 0 Å². The van der Waals surface area contributed by atoms with Crippen molar-refractivity contribution in [2.45, 2.75) is 46.4 Å². The third-order valence-electron chi connectivity index (χ3n) is 4.46. The van der Waals surface area contributed by atoms with Crippen molar-refractivity contribution < 1.29 is 4.74 Å². The van der Waals surface area contributed by atoms with Crippen LogP contribution >= 0.6 is 11.6 Å². The maximum absolute atomic E-state index is 12.9. The van der Waals surface area contributed by atoms with Gasteiger partial charge in [-0.1, -0.05) is 35.9 Å². The average molecular weight is 414 g/mol. The molecule has 29 heavy (non-hydrogen) atoms. The number of nitrogens with zero attached hydrogens (tertiary/aromatic N) is 3. The van der Waals surface area contributed by atoms with Crippen molar-refractivity contribution in [2.24, 2.45) is 0 Å². The van der Waals surface area contributed by atoms with Gasteiger partial charge in [0.1, 0.15) is 11.6 Å². The van der Waals surface area contributed by atoms with Crippen molar-refractivity contribution in [3.63, 3.8) is 0 Å². The van der Waals surface area contributed by atoms with Crippen molar-refractivity contribution in [1.29, 1.82) is 0 Å². The largest absolute Gasteiger partial charge is 0.491 e. The number of hydrogen-bond acceptors (Lipinski definition) is 4. The van der Waals surface area contributed by atoms with Crippen LogP contribution in [0.25, 0.3) is 0 Å². The Labute approximate surface area is 174 Å². The van der Waals surface area contributed by atoms with Crippen LogP contribution in [0.2, 0.25) is 5.02 Å². The summed E-state index contributed by atoms with van der Waals surface area (Å²) in [6.45, 7) is 6.27. The average Bonchev–Trinajstić information content (AvgIpc) is 2.68. The molecule has 3 rings (SSSR count). The zero-order valence-corrected chi connectivity index (χ0v) is 17.5. The molecule has 0 fully saturated rings. The molecule has 0 aliphatic heterocycles. The summed E-state index contributed by atoms with van der Waals surface area (Å²) in [5.74, 6) is 1.20. The van der Waals surface area contributed by atoms with Crippen LogP contribution in [-0.2, 0) is 19.5 Å². The second-order valence-electron chi connectivity index (χ2n) is 7.04. The lowest BCUT2D eigenvalue weighted by molar-refractivity contribution is 0.242. The molecule has 0 spiro atoms. The highest BCUT2D eigenvalue weighted by Gasteiger charge is 2.13.